The summed E-state index contributed by atoms with van der Waals surface area (Å²) in [5.41, 5.74) is 1.71. The van der Waals surface area contributed by atoms with Crippen LogP contribution in [0.4, 0.5) is 0 Å². The summed E-state index contributed by atoms with van der Waals surface area (Å²) in [7, 11) is 1.76. The van der Waals surface area contributed by atoms with Crippen LogP contribution in [0.2, 0.25) is 0 Å². The van der Waals surface area contributed by atoms with Gasteiger partial charge in [-0.2, -0.15) is 0 Å². The van der Waals surface area contributed by atoms with Gasteiger partial charge in [-0.15, -0.1) is 35.7 Å². The molecular weight excluding hydrogens is 483 g/mol. The zero-order valence-corrected chi connectivity index (χ0v) is 19.7. The molecule has 0 aliphatic rings. The number of aliphatic imine (C=N–C) groups is 1. The van der Waals surface area contributed by atoms with E-state index in [9.17, 15) is 4.79 Å². The fourth-order valence-corrected chi connectivity index (χ4v) is 3.45. The van der Waals surface area contributed by atoms with Gasteiger partial charge in [-0.05, 0) is 36.8 Å². The molecule has 0 aliphatic carbocycles. The topological polar surface area (TPSA) is 65.5 Å². The van der Waals surface area contributed by atoms with E-state index < -0.39 is 0 Å². The van der Waals surface area contributed by atoms with Crippen molar-refractivity contribution in [2.24, 2.45) is 4.99 Å². The van der Waals surface area contributed by atoms with Gasteiger partial charge in [0.15, 0.2) is 5.96 Å². The lowest BCUT2D eigenvalue weighted by Gasteiger charge is -2.16. The van der Waals surface area contributed by atoms with Crippen molar-refractivity contribution in [1.82, 2.24) is 16.0 Å². The molecule has 0 radical (unpaired) electrons. The average molecular weight is 512 g/mol. The van der Waals surface area contributed by atoms with Crippen molar-refractivity contribution >= 4 is 47.6 Å². The SMILES string of the molecule is CCNC(=O)c1cccc(CNC(=NC)NCC(C)Sc2ccccc2)c1.I. The number of halogens is 1. The Morgan fingerprint density at radius 3 is 2.50 bits per heavy atom. The molecule has 1 amide bonds. The van der Waals surface area contributed by atoms with Crippen LogP contribution in [0.1, 0.15) is 29.8 Å². The molecule has 2 aromatic rings. The number of hydrogen-bond acceptors (Lipinski definition) is 3. The second-order valence-electron chi connectivity index (χ2n) is 6.11. The molecule has 5 nitrogen and oxygen atoms in total. The Labute approximate surface area is 189 Å². The van der Waals surface area contributed by atoms with Gasteiger partial charge >= 0.3 is 0 Å². The Hall–Kier alpha value is -1.74. The smallest absolute Gasteiger partial charge is 0.251 e. The Balaban J connectivity index is 0.00000392. The first kappa shape index (κ1) is 24.3. The lowest BCUT2D eigenvalue weighted by atomic mass is 10.1. The summed E-state index contributed by atoms with van der Waals surface area (Å²) in [5, 5.41) is 9.89. The van der Waals surface area contributed by atoms with Crippen molar-refractivity contribution in [2.45, 2.75) is 30.5 Å². The quantitative estimate of drug-likeness (QED) is 0.217. The molecule has 0 saturated heterocycles. The third-order valence-corrected chi connectivity index (χ3v) is 4.96. The molecule has 0 bridgehead atoms. The van der Waals surface area contributed by atoms with Gasteiger partial charge in [0, 0.05) is 42.4 Å². The van der Waals surface area contributed by atoms with Gasteiger partial charge < -0.3 is 16.0 Å². The zero-order valence-electron chi connectivity index (χ0n) is 16.6. The molecule has 1 unspecified atom stereocenters. The van der Waals surface area contributed by atoms with E-state index >= 15 is 0 Å². The van der Waals surface area contributed by atoms with Gasteiger partial charge in [-0.3, -0.25) is 9.79 Å². The Bertz CT molecular complexity index is 755. The van der Waals surface area contributed by atoms with Crippen molar-refractivity contribution in [3.8, 4) is 0 Å². The number of rotatable bonds is 8. The zero-order chi connectivity index (χ0) is 19.5. The standard InChI is InChI=1S/C21H28N4OS.HI/c1-4-23-20(26)18-10-8-9-17(13-18)15-25-21(22-3)24-14-16(2)27-19-11-6-5-7-12-19;/h5-13,16H,4,14-15H2,1-3H3,(H,23,26)(H2,22,24,25);1H. The number of carbonyl (C=O) groups is 1. The number of carbonyl (C=O) groups excluding carboxylic acids is 1. The highest BCUT2D eigenvalue weighted by Crippen LogP contribution is 2.21. The van der Waals surface area contributed by atoms with E-state index in [1.807, 2.05) is 49.0 Å². The van der Waals surface area contributed by atoms with E-state index in [1.165, 1.54) is 4.90 Å². The highest BCUT2D eigenvalue weighted by atomic mass is 127. The molecule has 0 spiro atoms. The van der Waals surface area contributed by atoms with Crippen LogP contribution >= 0.6 is 35.7 Å². The summed E-state index contributed by atoms with van der Waals surface area (Å²) in [5.74, 6) is 0.701. The Morgan fingerprint density at radius 2 is 1.82 bits per heavy atom. The van der Waals surface area contributed by atoms with Crippen molar-refractivity contribution < 1.29 is 4.79 Å². The van der Waals surface area contributed by atoms with Gasteiger partial charge in [0.2, 0.25) is 0 Å². The third-order valence-electron chi connectivity index (χ3n) is 3.85. The number of benzene rings is 2. The molecule has 28 heavy (non-hydrogen) atoms. The maximum atomic E-state index is 11.9. The molecule has 0 heterocycles. The summed E-state index contributed by atoms with van der Waals surface area (Å²) in [6, 6.07) is 18.0. The van der Waals surface area contributed by atoms with Gasteiger partial charge in [0.1, 0.15) is 0 Å². The fraction of sp³-hybridized carbons (Fsp3) is 0.333. The maximum absolute atomic E-state index is 11.9. The fourth-order valence-electron chi connectivity index (χ4n) is 2.50. The van der Waals surface area contributed by atoms with Crippen molar-refractivity contribution in [1.29, 1.82) is 0 Å². The van der Waals surface area contributed by atoms with E-state index in [0.29, 0.717) is 23.9 Å². The Morgan fingerprint density at radius 1 is 1.07 bits per heavy atom. The first-order chi connectivity index (χ1) is 13.1. The van der Waals surface area contributed by atoms with Gasteiger partial charge in [0.05, 0.1) is 0 Å². The predicted molar refractivity (Wildman–Crippen MR) is 130 cm³/mol. The van der Waals surface area contributed by atoms with Gasteiger partial charge in [-0.1, -0.05) is 37.3 Å². The first-order valence-electron chi connectivity index (χ1n) is 9.15. The van der Waals surface area contributed by atoms with E-state index in [0.717, 1.165) is 18.1 Å². The molecule has 2 aromatic carbocycles. The Kier molecular flexibility index (Phi) is 11.7. The molecule has 0 aromatic heterocycles. The van der Waals surface area contributed by atoms with Crippen LogP contribution in [-0.2, 0) is 6.54 Å². The molecule has 0 saturated carbocycles. The van der Waals surface area contributed by atoms with E-state index in [1.54, 1.807) is 7.05 Å². The lowest BCUT2D eigenvalue weighted by molar-refractivity contribution is 0.0955. The third kappa shape index (κ3) is 8.52. The monoisotopic (exact) mass is 512 g/mol. The summed E-state index contributed by atoms with van der Waals surface area (Å²) >= 11 is 1.83. The number of thioether (sulfide) groups is 1. The minimum Gasteiger partial charge on any atom is -0.355 e. The van der Waals surface area contributed by atoms with Crippen LogP contribution < -0.4 is 16.0 Å². The summed E-state index contributed by atoms with van der Waals surface area (Å²) in [4.78, 5) is 17.5. The van der Waals surface area contributed by atoms with Crippen LogP contribution in [0.25, 0.3) is 0 Å². The van der Waals surface area contributed by atoms with Crippen molar-refractivity contribution in [3.05, 3.63) is 65.7 Å². The summed E-state index contributed by atoms with van der Waals surface area (Å²) in [6.45, 7) is 6.13. The summed E-state index contributed by atoms with van der Waals surface area (Å²) < 4.78 is 0. The largest absolute Gasteiger partial charge is 0.355 e. The second-order valence-corrected chi connectivity index (χ2v) is 7.62. The van der Waals surface area contributed by atoms with E-state index in [-0.39, 0.29) is 29.9 Å². The molecule has 3 N–H and O–H groups in total. The molecule has 2 rings (SSSR count). The van der Waals surface area contributed by atoms with Gasteiger partial charge in [0.25, 0.3) is 5.91 Å². The predicted octanol–water partition coefficient (Wildman–Crippen LogP) is 3.90. The first-order valence-corrected chi connectivity index (χ1v) is 10.0. The van der Waals surface area contributed by atoms with E-state index in [2.05, 4.69) is 52.1 Å². The normalized spacial score (nSPS) is 11.9. The van der Waals surface area contributed by atoms with Crippen molar-refractivity contribution in [2.75, 3.05) is 20.1 Å². The lowest BCUT2D eigenvalue weighted by Crippen LogP contribution is -2.39. The molecular formula is C21H29IN4OS. The number of amides is 1. The van der Waals surface area contributed by atoms with Crippen LogP contribution in [0.5, 0.6) is 0 Å². The number of hydrogen-bond donors (Lipinski definition) is 3. The van der Waals surface area contributed by atoms with Crippen LogP contribution in [-0.4, -0.2) is 37.3 Å². The minimum absolute atomic E-state index is 0. The average Bonchev–Trinajstić information content (AvgIpc) is 2.69. The number of guanidine groups is 1. The van der Waals surface area contributed by atoms with E-state index in [4.69, 9.17) is 0 Å². The van der Waals surface area contributed by atoms with Crippen molar-refractivity contribution in [3.63, 3.8) is 0 Å². The minimum atomic E-state index is -0.0476. The molecule has 7 heteroatoms. The second kappa shape index (κ2) is 13.4. The molecule has 1 atom stereocenters. The highest BCUT2D eigenvalue weighted by Gasteiger charge is 2.07. The van der Waals surface area contributed by atoms with Crippen LogP contribution in [0, 0.1) is 0 Å². The highest BCUT2D eigenvalue weighted by molar-refractivity contribution is 14.0. The number of nitrogens with zero attached hydrogens (tertiary/aromatic N) is 1. The number of nitrogens with one attached hydrogen (secondary N) is 3. The maximum Gasteiger partial charge on any atom is 0.251 e. The summed E-state index contributed by atoms with van der Waals surface area (Å²) in [6.07, 6.45) is 0. The van der Waals surface area contributed by atoms with Crippen LogP contribution in [0.15, 0.2) is 64.5 Å². The molecule has 0 fully saturated rings. The molecule has 0 aliphatic heterocycles. The van der Waals surface area contributed by atoms with Crippen LogP contribution in [0.3, 0.4) is 0 Å². The van der Waals surface area contributed by atoms with Gasteiger partial charge in [-0.25, -0.2) is 0 Å². The molecule has 152 valence electrons.